The lowest BCUT2D eigenvalue weighted by Crippen LogP contribution is -2.56. The first-order chi connectivity index (χ1) is 18.6. The summed E-state index contributed by atoms with van der Waals surface area (Å²) in [4.78, 5) is 60.8. The van der Waals surface area contributed by atoms with Gasteiger partial charge in [0.1, 0.15) is 16.3 Å². The lowest BCUT2D eigenvalue weighted by atomic mass is 9.84. The first kappa shape index (κ1) is 29.4. The Hall–Kier alpha value is -2.11. The average Bonchev–Trinajstić information content (AvgIpc) is 3.30. The molecule has 0 unspecified atom stereocenters. The van der Waals surface area contributed by atoms with Gasteiger partial charge in [-0.25, -0.2) is 5.01 Å². The van der Waals surface area contributed by atoms with E-state index in [-0.39, 0.29) is 26.9 Å². The fourth-order valence-electron chi connectivity index (χ4n) is 5.19. The highest BCUT2D eigenvalue weighted by Gasteiger charge is 2.88. The summed E-state index contributed by atoms with van der Waals surface area (Å²) in [5, 5.41) is 11.8. The van der Waals surface area contributed by atoms with Crippen LogP contribution in [0.25, 0.3) is 0 Å². The van der Waals surface area contributed by atoms with Crippen molar-refractivity contribution in [2.45, 2.75) is 14.1 Å². The fourth-order valence-corrected chi connectivity index (χ4v) is 8.24. The number of Topliss-reactive ketones (excluding diaryl/α,β-unsaturated/α-hetero) is 1. The second-order valence-corrected chi connectivity index (χ2v) is 12.9. The highest BCUT2D eigenvalue weighted by atomic mass is 35.5. The summed E-state index contributed by atoms with van der Waals surface area (Å²) in [5.41, 5.74) is -0.375. The number of allylic oxidation sites excluding steroid dienone is 2. The smallest absolute Gasteiger partial charge is 0.273 e. The molecule has 40 heavy (non-hydrogen) atoms. The second-order valence-electron chi connectivity index (χ2n) is 9.17. The van der Waals surface area contributed by atoms with Crippen LogP contribution in [0.5, 0.6) is 0 Å². The average molecular weight is 687 g/mol. The van der Waals surface area contributed by atoms with Crippen molar-refractivity contribution in [1.82, 2.24) is 10.0 Å². The van der Waals surface area contributed by atoms with Gasteiger partial charge in [0.05, 0.1) is 26.8 Å². The number of ketones is 1. The number of hydrogen-bond donors (Lipinski definition) is 0. The Morgan fingerprint density at radius 2 is 1.27 bits per heavy atom. The zero-order chi connectivity index (χ0) is 29.5. The maximum Gasteiger partial charge on any atom is 0.273 e. The summed E-state index contributed by atoms with van der Waals surface area (Å²) in [6.45, 7) is -0.805. The van der Waals surface area contributed by atoms with Crippen molar-refractivity contribution in [2.24, 2.45) is 11.8 Å². The number of halogens is 7. The summed E-state index contributed by atoms with van der Waals surface area (Å²) >= 11 is 45.1. The van der Waals surface area contributed by atoms with Gasteiger partial charge >= 0.3 is 0 Å². The Bertz CT molecular complexity index is 1500. The van der Waals surface area contributed by atoms with Gasteiger partial charge in [0.25, 0.3) is 23.4 Å². The molecule has 1 saturated heterocycles. The summed E-state index contributed by atoms with van der Waals surface area (Å²) < 4.78 is -2.20. The number of fused-ring (bicyclic) bond motifs is 5. The predicted octanol–water partition coefficient (Wildman–Crippen LogP) is 5.94. The minimum absolute atomic E-state index is 0.112. The molecule has 2 fully saturated rings. The van der Waals surface area contributed by atoms with Gasteiger partial charge < -0.3 is 0 Å². The molecule has 0 radical (unpaired) electrons. The molecular weight excluding hydrogens is 674 g/mol. The van der Waals surface area contributed by atoms with E-state index >= 15 is 0 Å². The monoisotopic (exact) mass is 683 g/mol. The molecule has 3 amide bonds. The van der Waals surface area contributed by atoms with Crippen LogP contribution in [0, 0.1) is 22.0 Å². The van der Waals surface area contributed by atoms with Crippen LogP contribution in [0.2, 0.25) is 5.02 Å². The highest BCUT2D eigenvalue weighted by molar-refractivity contribution is 6.66. The molecule has 2 aromatic carbocycles. The third-order valence-corrected chi connectivity index (χ3v) is 11.7. The maximum atomic E-state index is 13.9. The molecule has 2 aromatic rings. The van der Waals surface area contributed by atoms with E-state index in [0.29, 0.717) is 15.0 Å². The number of nitro groups is 1. The van der Waals surface area contributed by atoms with Crippen molar-refractivity contribution >= 4 is 110 Å². The van der Waals surface area contributed by atoms with E-state index in [1.165, 1.54) is 24.3 Å². The van der Waals surface area contributed by atoms with Crippen molar-refractivity contribution in [3.05, 3.63) is 84.9 Å². The predicted molar refractivity (Wildman–Crippen MR) is 149 cm³/mol. The van der Waals surface area contributed by atoms with Gasteiger partial charge in [-0.1, -0.05) is 58.0 Å². The number of non-ortho nitro benzene ring substituents is 1. The molecule has 2 bridgehead atoms. The molecule has 3 aliphatic rings. The Morgan fingerprint density at radius 1 is 0.825 bits per heavy atom. The highest BCUT2D eigenvalue weighted by Crippen LogP contribution is 2.77. The number of carbonyl (C=O) groups excluding carboxylic acids is 4. The molecule has 9 nitrogen and oxygen atoms in total. The number of benzene rings is 2. The molecule has 0 aromatic heterocycles. The van der Waals surface area contributed by atoms with Gasteiger partial charge in [0, 0.05) is 28.3 Å². The summed E-state index contributed by atoms with van der Waals surface area (Å²) in [6.07, 6.45) is 0. The van der Waals surface area contributed by atoms with E-state index < -0.39 is 60.9 Å². The Morgan fingerprint density at radius 3 is 1.73 bits per heavy atom. The van der Waals surface area contributed by atoms with Gasteiger partial charge in [-0.2, -0.15) is 5.01 Å². The Labute approximate surface area is 260 Å². The summed E-state index contributed by atoms with van der Waals surface area (Å²) in [6, 6.07) is 9.99. The van der Waals surface area contributed by atoms with Gasteiger partial charge in [0.2, 0.25) is 0 Å². The van der Waals surface area contributed by atoms with Crippen LogP contribution in [0.3, 0.4) is 0 Å². The molecule has 2 aliphatic carbocycles. The van der Waals surface area contributed by atoms with Crippen molar-refractivity contribution in [3.8, 4) is 0 Å². The van der Waals surface area contributed by atoms with E-state index in [1.807, 2.05) is 0 Å². The standard InChI is InChI=1S/C24H12Cl7N3O6/c25-12-5-1-10(2-6-12)14(35)9-32(19(36)11-3-7-13(8-4-11)34(39)40)33-20(37)15-16(21(33)38)23(29)18(27)17(26)22(15,28)24(23,30)31/h1-8,15-16H,9H2/t15-,16-,22-,23-/m1/s1. The Kier molecular flexibility index (Phi) is 7.15. The molecule has 1 heterocycles. The third-order valence-electron chi connectivity index (χ3n) is 7.15. The number of hydrogen-bond acceptors (Lipinski definition) is 6. The van der Waals surface area contributed by atoms with Crippen molar-refractivity contribution < 1.29 is 24.1 Å². The van der Waals surface area contributed by atoms with Crippen molar-refractivity contribution in [3.63, 3.8) is 0 Å². The summed E-state index contributed by atoms with van der Waals surface area (Å²) in [5.74, 6) is -6.90. The molecule has 0 N–H and O–H groups in total. The third kappa shape index (κ3) is 3.75. The van der Waals surface area contributed by atoms with E-state index in [4.69, 9.17) is 81.2 Å². The molecule has 208 valence electrons. The van der Waals surface area contributed by atoms with Crippen LogP contribution in [0.4, 0.5) is 5.69 Å². The zero-order valence-electron chi connectivity index (χ0n) is 19.4. The normalized spacial score (nSPS) is 28.2. The largest absolute Gasteiger partial charge is 0.292 e. The molecular formula is C24H12Cl7N3O6. The van der Waals surface area contributed by atoms with Gasteiger partial charge in [0.15, 0.2) is 10.1 Å². The number of imide groups is 1. The quantitative estimate of drug-likeness (QED) is 0.122. The molecule has 5 rings (SSSR count). The van der Waals surface area contributed by atoms with E-state index in [9.17, 15) is 29.3 Å². The van der Waals surface area contributed by atoms with Crippen LogP contribution in [0.15, 0.2) is 58.6 Å². The van der Waals surface area contributed by atoms with Crippen molar-refractivity contribution in [1.29, 1.82) is 0 Å². The van der Waals surface area contributed by atoms with E-state index in [1.54, 1.807) is 0 Å². The number of amides is 3. The fraction of sp³-hybridized carbons (Fsp3) is 0.250. The first-order valence-electron chi connectivity index (χ1n) is 11.1. The van der Waals surface area contributed by atoms with Gasteiger partial charge in [-0.3, -0.25) is 29.3 Å². The SMILES string of the molecule is O=C(CN(C(=O)c1ccc([N+](=O)[O-])cc1)N1C(=O)[C@H]2[C@H](C1=O)[C@@]1(Cl)C(Cl)=C(Cl)[C@@]2(Cl)C1(Cl)Cl)c1ccc(Cl)cc1. The van der Waals surface area contributed by atoms with Crippen LogP contribution < -0.4 is 0 Å². The van der Waals surface area contributed by atoms with Crippen LogP contribution in [-0.2, 0) is 9.59 Å². The first-order valence-corrected chi connectivity index (χ1v) is 13.8. The molecule has 1 aliphatic heterocycles. The second kappa shape index (κ2) is 9.73. The van der Waals surface area contributed by atoms with Crippen LogP contribution in [-0.4, -0.2) is 59.1 Å². The van der Waals surface area contributed by atoms with Crippen LogP contribution in [0.1, 0.15) is 20.7 Å². The maximum absolute atomic E-state index is 13.9. The lowest BCUT2D eigenvalue weighted by Gasteiger charge is -2.36. The number of hydrazine groups is 1. The molecule has 16 heteroatoms. The number of alkyl halides is 4. The molecule has 1 saturated carbocycles. The molecule has 4 atom stereocenters. The Balaban J connectivity index is 1.59. The number of nitrogens with zero attached hydrogens (tertiary/aromatic N) is 3. The number of nitro benzene ring substituents is 1. The number of carbonyl (C=O) groups is 4. The zero-order valence-corrected chi connectivity index (χ0v) is 24.7. The molecule has 0 spiro atoms. The summed E-state index contributed by atoms with van der Waals surface area (Å²) in [7, 11) is 0. The number of rotatable bonds is 6. The van der Waals surface area contributed by atoms with Crippen molar-refractivity contribution in [2.75, 3.05) is 6.54 Å². The lowest BCUT2D eigenvalue weighted by molar-refractivity contribution is -0.384. The van der Waals surface area contributed by atoms with E-state index in [0.717, 1.165) is 24.3 Å². The van der Waals surface area contributed by atoms with E-state index in [2.05, 4.69) is 0 Å². The van der Waals surface area contributed by atoms with Crippen LogP contribution >= 0.6 is 81.2 Å². The minimum Gasteiger partial charge on any atom is -0.292 e. The topological polar surface area (TPSA) is 118 Å². The van der Waals surface area contributed by atoms with Gasteiger partial charge in [-0.05, 0) is 36.4 Å². The van der Waals surface area contributed by atoms with Gasteiger partial charge in [-0.15, -0.1) is 23.2 Å². The minimum atomic E-state index is -2.20.